The number of esters is 1. The Bertz CT molecular complexity index is 179. The summed E-state index contributed by atoms with van der Waals surface area (Å²) in [6.07, 6.45) is 3.78. The molecule has 82 valence electrons. The third-order valence-corrected chi connectivity index (χ3v) is 2.74. The van der Waals surface area contributed by atoms with Gasteiger partial charge in [0.2, 0.25) is 0 Å². The molecule has 1 fully saturated rings. The molecule has 0 bridgehead atoms. The minimum Gasteiger partial charge on any atom is -0.466 e. The maximum atomic E-state index is 11.0. The summed E-state index contributed by atoms with van der Waals surface area (Å²) >= 11 is 0. The van der Waals surface area contributed by atoms with Crippen LogP contribution in [0.25, 0.3) is 0 Å². The van der Waals surface area contributed by atoms with E-state index in [1.54, 1.807) is 0 Å². The van der Waals surface area contributed by atoms with Crippen LogP contribution in [0.15, 0.2) is 0 Å². The summed E-state index contributed by atoms with van der Waals surface area (Å²) in [5.41, 5.74) is 0. The Balaban J connectivity index is 2.06. The molecule has 0 spiro atoms. The Morgan fingerprint density at radius 2 is 2.36 bits per heavy atom. The van der Waals surface area contributed by atoms with E-state index < -0.39 is 0 Å². The molecule has 1 rings (SSSR count). The zero-order chi connectivity index (χ0) is 10.4. The van der Waals surface area contributed by atoms with Crippen molar-refractivity contribution in [3.05, 3.63) is 0 Å². The van der Waals surface area contributed by atoms with Gasteiger partial charge >= 0.3 is 5.97 Å². The van der Waals surface area contributed by atoms with Gasteiger partial charge in [0, 0.05) is 13.0 Å². The lowest BCUT2D eigenvalue weighted by molar-refractivity contribution is -0.144. The van der Waals surface area contributed by atoms with E-state index in [0.717, 1.165) is 25.9 Å². The van der Waals surface area contributed by atoms with Crippen molar-refractivity contribution in [3.63, 3.8) is 0 Å². The van der Waals surface area contributed by atoms with Gasteiger partial charge in [-0.05, 0) is 32.1 Å². The highest BCUT2D eigenvalue weighted by Crippen LogP contribution is 2.23. The fourth-order valence-electron chi connectivity index (χ4n) is 1.76. The Hall–Kier alpha value is -0.570. The molecule has 2 unspecified atom stereocenters. The molecule has 1 saturated heterocycles. The maximum absolute atomic E-state index is 11.0. The first-order valence-corrected chi connectivity index (χ1v) is 5.51. The molecule has 14 heavy (non-hydrogen) atoms. The normalized spacial score (nSPS) is 26.4. The monoisotopic (exact) mass is 200 g/mol. The van der Waals surface area contributed by atoms with E-state index in [0.29, 0.717) is 25.0 Å². The zero-order valence-electron chi connectivity index (χ0n) is 9.12. The fourth-order valence-corrected chi connectivity index (χ4v) is 1.76. The van der Waals surface area contributed by atoms with Crippen molar-refractivity contribution in [2.24, 2.45) is 5.92 Å². The van der Waals surface area contributed by atoms with Crippen LogP contribution < -0.4 is 0 Å². The Labute approximate surface area is 85.8 Å². The molecule has 1 aliphatic heterocycles. The van der Waals surface area contributed by atoms with E-state index in [2.05, 4.69) is 6.92 Å². The van der Waals surface area contributed by atoms with E-state index in [9.17, 15) is 4.79 Å². The quantitative estimate of drug-likeness (QED) is 0.638. The Morgan fingerprint density at radius 3 is 2.93 bits per heavy atom. The molecule has 0 N–H and O–H groups in total. The van der Waals surface area contributed by atoms with E-state index in [-0.39, 0.29) is 5.97 Å². The van der Waals surface area contributed by atoms with Crippen LogP contribution in [0.5, 0.6) is 0 Å². The molecule has 3 heteroatoms. The van der Waals surface area contributed by atoms with Gasteiger partial charge in [0.25, 0.3) is 0 Å². The third kappa shape index (κ3) is 3.66. The second kappa shape index (κ2) is 6.02. The molecule has 1 aliphatic rings. The topological polar surface area (TPSA) is 35.5 Å². The van der Waals surface area contributed by atoms with Crippen LogP contribution in [0.1, 0.15) is 39.5 Å². The molecule has 0 aromatic carbocycles. The first-order valence-electron chi connectivity index (χ1n) is 5.51. The van der Waals surface area contributed by atoms with Gasteiger partial charge in [-0.3, -0.25) is 4.79 Å². The van der Waals surface area contributed by atoms with Gasteiger partial charge in [0.05, 0.1) is 12.7 Å². The summed E-state index contributed by atoms with van der Waals surface area (Å²) in [6, 6.07) is 0. The summed E-state index contributed by atoms with van der Waals surface area (Å²) in [4.78, 5) is 11.0. The van der Waals surface area contributed by atoms with Gasteiger partial charge in [0.15, 0.2) is 0 Å². The van der Waals surface area contributed by atoms with Gasteiger partial charge in [-0.25, -0.2) is 0 Å². The summed E-state index contributed by atoms with van der Waals surface area (Å²) in [7, 11) is 0. The standard InChI is InChI=1S/C11H20O3/c1-3-4-11(12)14-8-6-10-5-7-13-9(10)2/h9-10H,3-8H2,1-2H3. The largest absolute Gasteiger partial charge is 0.466 e. The molecule has 3 nitrogen and oxygen atoms in total. The van der Waals surface area contributed by atoms with Gasteiger partial charge in [-0.1, -0.05) is 6.92 Å². The van der Waals surface area contributed by atoms with Gasteiger partial charge < -0.3 is 9.47 Å². The van der Waals surface area contributed by atoms with Crippen molar-refractivity contribution in [1.29, 1.82) is 0 Å². The smallest absolute Gasteiger partial charge is 0.305 e. The number of ether oxygens (including phenoxy) is 2. The van der Waals surface area contributed by atoms with Crippen LogP contribution >= 0.6 is 0 Å². The first-order chi connectivity index (χ1) is 6.74. The highest BCUT2D eigenvalue weighted by atomic mass is 16.5. The molecular weight excluding hydrogens is 180 g/mol. The number of hydrogen-bond acceptors (Lipinski definition) is 3. The first kappa shape index (κ1) is 11.5. The molecule has 1 heterocycles. The van der Waals surface area contributed by atoms with Crippen molar-refractivity contribution >= 4 is 5.97 Å². The summed E-state index contributed by atoms with van der Waals surface area (Å²) < 4.78 is 10.5. The molecule has 0 aromatic rings. The lowest BCUT2D eigenvalue weighted by Crippen LogP contribution is -2.15. The summed E-state index contributed by atoms with van der Waals surface area (Å²) in [5.74, 6) is 0.503. The predicted molar refractivity (Wildman–Crippen MR) is 54.0 cm³/mol. The predicted octanol–water partition coefficient (Wildman–Crippen LogP) is 2.14. The van der Waals surface area contributed by atoms with Crippen LogP contribution in [0, 0.1) is 5.92 Å². The molecular formula is C11H20O3. The van der Waals surface area contributed by atoms with Gasteiger partial charge in [0.1, 0.15) is 0 Å². The molecule has 0 saturated carbocycles. The zero-order valence-corrected chi connectivity index (χ0v) is 9.12. The summed E-state index contributed by atoms with van der Waals surface area (Å²) in [5, 5.41) is 0. The van der Waals surface area contributed by atoms with E-state index >= 15 is 0 Å². The second-order valence-electron chi connectivity index (χ2n) is 3.88. The highest BCUT2D eigenvalue weighted by Gasteiger charge is 2.23. The molecule has 0 aliphatic carbocycles. The highest BCUT2D eigenvalue weighted by molar-refractivity contribution is 5.69. The van der Waals surface area contributed by atoms with Crippen molar-refractivity contribution in [2.75, 3.05) is 13.2 Å². The van der Waals surface area contributed by atoms with Crippen LogP contribution in [-0.4, -0.2) is 25.3 Å². The van der Waals surface area contributed by atoms with E-state index in [1.807, 2.05) is 6.92 Å². The van der Waals surface area contributed by atoms with Crippen molar-refractivity contribution in [3.8, 4) is 0 Å². The third-order valence-electron chi connectivity index (χ3n) is 2.74. The van der Waals surface area contributed by atoms with E-state index in [4.69, 9.17) is 9.47 Å². The number of hydrogen-bond donors (Lipinski definition) is 0. The van der Waals surface area contributed by atoms with Gasteiger partial charge in [-0.15, -0.1) is 0 Å². The SMILES string of the molecule is CCCC(=O)OCCC1CCOC1C. The molecule has 2 atom stereocenters. The summed E-state index contributed by atoms with van der Waals surface area (Å²) in [6.45, 7) is 5.48. The fraction of sp³-hybridized carbons (Fsp3) is 0.909. The minimum absolute atomic E-state index is 0.0703. The molecule has 0 aromatic heterocycles. The lowest BCUT2D eigenvalue weighted by atomic mass is 9.99. The maximum Gasteiger partial charge on any atom is 0.305 e. The number of carbonyl (C=O) groups is 1. The van der Waals surface area contributed by atoms with Crippen LogP contribution in [-0.2, 0) is 14.3 Å². The van der Waals surface area contributed by atoms with Crippen molar-refractivity contribution < 1.29 is 14.3 Å². The second-order valence-corrected chi connectivity index (χ2v) is 3.88. The molecule has 0 amide bonds. The average Bonchev–Trinajstić information content (AvgIpc) is 2.52. The van der Waals surface area contributed by atoms with Crippen LogP contribution in [0.4, 0.5) is 0 Å². The van der Waals surface area contributed by atoms with Crippen molar-refractivity contribution in [1.82, 2.24) is 0 Å². The van der Waals surface area contributed by atoms with Gasteiger partial charge in [-0.2, -0.15) is 0 Å². The minimum atomic E-state index is -0.0703. The Kier molecular flexibility index (Phi) is 4.94. The lowest BCUT2D eigenvalue weighted by Gasteiger charge is -2.13. The average molecular weight is 200 g/mol. The van der Waals surface area contributed by atoms with E-state index in [1.165, 1.54) is 0 Å². The van der Waals surface area contributed by atoms with Crippen LogP contribution in [0.2, 0.25) is 0 Å². The number of carbonyl (C=O) groups excluding carboxylic acids is 1. The molecule has 0 radical (unpaired) electrons. The van der Waals surface area contributed by atoms with Crippen LogP contribution in [0.3, 0.4) is 0 Å². The number of rotatable bonds is 5. The van der Waals surface area contributed by atoms with Crippen molar-refractivity contribution in [2.45, 2.75) is 45.6 Å². The Morgan fingerprint density at radius 1 is 1.57 bits per heavy atom.